The molecule has 0 aliphatic carbocycles. The van der Waals surface area contributed by atoms with E-state index in [2.05, 4.69) is 52.3 Å². The Labute approximate surface area is 161 Å². The van der Waals surface area contributed by atoms with Crippen LogP contribution in [-0.4, -0.2) is 55.7 Å². The Morgan fingerprint density at radius 1 is 1.35 bits per heavy atom. The van der Waals surface area contributed by atoms with Crippen molar-refractivity contribution in [2.24, 2.45) is 5.92 Å². The van der Waals surface area contributed by atoms with E-state index in [0.29, 0.717) is 24.6 Å². The molecule has 1 heterocycles. The van der Waals surface area contributed by atoms with Gasteiger partial charge in [0.05, 0.1) is 32.9 Å². The average molecular weight is 379 g/mol. The Morgan fingerprint density at radius 3 is 2.65 bits per heavy atom. The standard InChI is InChI=1S/C20H31N3O2S/c1-14(2)12-17(19(25)21-10-11-22(4)5)23-18(24)13-26-20(23)16-9-7-6-8-15(16)3/h6-9,14,17,20H,10-13H2,1-5H3,(H,21,25)/p+1/t17-,20-/m1/s1. The summed E-state index contributed by atoms with van der Waals surface area (Å²) in [6, 6.07) is 7.72. The van der Waals surface area contributed by atoms with Crippen LogP contribution in [0.15, 0.2) is 24.3 Å². The van der Waals surface area contributed by atoms with Gasteiger partial charge in [0.1, 0.15) is 11.4 Å². The number of rotatable bonds is 8. The van der Waals surface area contributed by atoms with Gasteiger partial charge in [-0.3, -0.25) is 9.59 Å². The Bertz CT molecular complexity index is 633. The lowest BCUT2D eigenvalue weighted by molar-refractivity contribution is -0.856. The van der Waals surface area contributed by atoms with Crippen LogP contribution < -0.4 is 10.2 Å². The number of hydrogen-bond donors (Lipinski definition) is 2. The Morgan fingerprint density at radius 2 is 2.04 bits per heavy atom. The van der Waals surface area contributed by atoms with E-state index < -0.39 is 6.04 Å². The number of carbonyl (C=O) groups is 2. The Balaban J connectivity index is 2.24. The molecule has 2 N–H and O–H groups in total. The molecule has 2 rings (SSSR count). The van der Waals surface area contributed by atoms with Gasteiger partial charge in [-0.2, -0.15) is 0 Å². The molecule has 1 aromatic rings. The lowest BCUT2D eigenvalue weighted by atomic mass is 9.99. The second kappa shape index (κ2) is 9.42. The zero-order valence-electron chi connectivity index (χ0n) is 16.5. The molecule has 2 amide bonds. The topological polar surface area (TPSA) is 53.9 Å². The van der Waals surface area contributed by atoms with Crippen LogP contribution in [0.4, 0.5) is 0 Å². The number of thioether (sulfide) groups is 1. The predicted molar refractivity (Wildman–Crippen MR) is 107 cm³/mol. The monoisotopic (exact) mass is 378 g/mol. The van der Waals surface area contributed by atoms with Gasteiger partial charge in [0, 0.05) is 0 Å². The second-order valence-electron chi connectivity index (χ2n) is 7.71. The maximum Gasteiger partial charge on any atom is 0.243 e. The zero-order chi connectivity index (χ0) is 19.3. The van der Waals surface area contributed by atoms with E-state index in [-0.39, 0.29) is 17.2 Å². The van der Waals surface area contributed by atoms with Crippen LogP contribution in [0.3, 0.4) is 0 Å². The fraction of sp³-hybridized carbons (Fsp3) is 0.600. The van der Waals surface area contributed by atoms with E-state index in [9.17, 15) is 9.59 Å². The highest BCUT2D eigenvalue weighted by Crippen LogP contribution is 2.42. The van der Waals surface area contributed by atoms with Crippen LogP contribution in [-0.2, 0) is 9.59 Å². The van der Waals surface area contributed by atoms with Crippen molar-refractivity contribution in [1.29, 1.82) is 0 Å². The van der Waals surface area contributed by atoms with Gasteiger partial charge in [-0.15, -0.1) is 11.8 Å². The van der Waals surface area contributed by atoms with Crippen LogP contribution >= 0.6 is 11.8 Å². The van der Waals surface area contributed by atoms with E-state index in [1.54, 1.807) is 11.8 Å². The van der Waals surface area contributed by atoms with Crippen molar-refractivity contribution in [2.45, 2.75) is 38.6 Å². The third-order valence-corrected chi connectivity index (χ3v) is 5.83. The predicted octanol–water partition coefficient (Wildman–Crippen LogP) is 1.24. The third-order valence-electron chi connectivity index (χ3n) is 4.62. The molecule has 6 heteroatoms. The first-order valence-electron chi connectivity index (χ1n) is 9.36. The fourth-order valence-corrected chi connectivity index (χ4v) is 4.54. The average Bonchev–Trinajstić information content (AvgIpc) is 2.93. The lowest BCUT2D eigenvalue weighted by Crippen LogP contribution is -3.06. The zero-order valence-corrected chi connectivity index (χ0v) is 17.4. The van der Waals surface area contributed by atoms with E-state index in [4.69, 9.17) is 0 Å². The number of carbonyl (C=O) groups excluding carboxylic acids is 2. The minimum Gasteiger partial charge on any atom is -0.349 e. The first kappa shape index (κ1) is 20.8. The quantitative estimate of drug-likeness (QED) is 0.716. The maximum atomic E-state index is 12.9. The summed E-state index contributed by atoms with van der Waals surface area (Å²) in [6.45, 7) is 7.75. The lowest BCUT2D eigenvalue weighted by Gasteiger charge is -2.33. The van der Waals surface area contributed by atoms with E-state index >= 15 is 0 Å². The third kappa shape index (κ3) is 5.24. The summed E-state index contributed by atoms with van der Waals surface area (Å²) >= 11 is 1.62. The van der Waals surface area contributed by atoms with Gasteiger partial charge in [0.15, 0.2) is 0 Å². The number of nitrogens with zero attached hydrogens (tertiary/aromatic N) is 1. The van der Waals surface area contributed by atoms with E-state index in [0.717, 1.165) is 17.7 Å². The molecule has 26 heavy (non-hydrogen) atoms. The molecular formula is C20H32N3O2S+. The molecule has 1 saturated heterocycles. The molecule has 0 bridgehead atoms. The highest BCUT2D eigenvalue weighted by molar-refractivity contribution is 8.00. The minimum absolute atomic E-state index is 0.0330. The molecular weight excluding hydrogens is 346 g/mol. The molecule has 1 fully saturated rings. The highest BCUT2D eigenvalue weighted by Gasteiger charge is 2.41. The number of nitrogens with one attached hydrogen (secondary N) is 2. The number of aryl methyl sites for hydroxylation is 1. The van der Waals surface area contributed by atoms with Gasteiger partial charge in [0.25, 0.3) is 0 Å². The Kier molecular flexibility index (Phi) is 7.53. The molecule has 1 aromatic carbocycles. The second-order valence-corrected chi connectivity index (χ2v) is 8.78. The number of amides is 2. The normalized spacial score (nSPS) is 18.7. The van der Waals surface area contributed by atoms with Crippen molar-refractivity contribution in [3.8, 4) is 0 Å². The van der Waals surface area contributed by atoms with Gasteiger partial charge in [0.2, 0.25) is 11.8 Å². The molecule has 2 atom stereocenters. The molecule has 5 nitrogen and oxygen atoms in total. The first-order chi connectivity index (χ1) is 12.3. The molecule has 0 spiro atoms. The summed E-state index contributed by atoms with van der Waals surface area (Å²) in [5.41, 5.74) is 2.28. The molecule has 0 aromatic heterocycles. The molecule has 0 saturated carbocycles. The summed E-state index contributed by atoms with van der Waals surface area (Å²) in [6.07, 6.45) is 0.676. The molecule has 1 aliphatic rings. The van der Waals surface area contributed by atoms with Gasteiger partial charge in [-0.1, -0.05) is 38.1 Å². The van der Waals surface area contributed by atoms with Crippen molar-refractivity contribution in [3.63, 3.8) is 0 Å². The van der Waals surface area contributed by atoms with Gasteiger partial charge >= 0.3 is 0 Å². The maximum absolute atomic E-state index is 12.9. The van der Waals surface area contributed by atoms with E-state index in [1.165, 1.54) is 4.90 Å². The molecule has 144 valence electrons. The van der Waals surface area contributed by atoms with Crippen LogP contribution in [0.1, 0.15) is 36.8 Å². The van der Waals surface area contributed by atoms with Crippen LogP contribution in [0, 0.1) is 12.8 Å². The number of quaternary nitrogens is 1. The van der Waals surface area contributed by atoms with Crippen LogP contribution in [0.25, 0.3) is 0 Å². The largest absolute Gasteiger partial charge is 0.349 e. The number of benzene rings is 1. The van der Waals surface area contributed by atoms with Gasteiger partial charge < -0.3 is 15.1 Å². The minimum atomic E-state index is -0.417. The van der Waals surface area contributed by atoms with E-state index in [1.807, 2.05) is 17.0 Å². The summed E-state index contributed by atoms with van der Waals surface area (Å²) in [7, 11) is 4.12. The smallest absolute Gasteiger partial charge is 0.243 e. The molecule has 1 aliphatic heterocycles. The van der Waals surface area contributed by atoms with Gasteiger partial charge in [-0.25, -0.2) is 0 Å². The summed E-state index contributed by atoms with van der Waals surface area (Å²) in [5, 5.41) is 2.96. The molecule has 0 unspecified atom stereocenters. The van der Waals surface area contributed by atoms with Crippen LogP contribution in [0.5, 0.6) is 0 Å². The number of hydrogen-bond acceptors (Lipinski definition) is 3. The van der Waals surface area contributed by atoms with Crippen LogP contribution in [0.2, 0.25) is 0 Å². The first-order valence-corrected chi connectivity index (χ1v) is 10.4. The SMILES string of the molecule is Cc1ccccc1[C@H]1SCC(=O)N1[C@H](CC(C)C)C(=O)NCC[NH+](C)C. The van der Waals surface area contributed by atoms with Crippen molar-refractivity contribution < 1.29 is 14.5 Å². The summed E-state index contributed by atoms with van der Waals surface area (Å²) < 4.78 is 0. The van der Waals surface area contributed by atoms with Crippen molar-refractivity contribution in [2.75, 3.05) is 32.9 Å². The van der Waals surface area contributed by atoms with Crippen molar-refractivity contribution in [1.82, 2.24) is 10.2 Å². The summed E-state index contributed by atoms with van der Waals surface area (Å²) in [4.78, 5) is 28.7. The van der Waals surface area contributed by atoms with Gasteiger partial charge in [-0.05, 0) is 30.4 Å². The Hall–Kier alpha value is -1.53. The highest BCUT2D eigenvalue weighted by atomic mass is 32.2. The number of likely N-dealkylation sites (N-methyl/N-ethyl adjacent to an activating group) is 1. The summed E-state index contributed by atoms with van der Waals surface area (Å²) in [5.74, 6) is 0.792. The fourth-order valence-electron chi connectivity index (χ4n) is 3.22. The van der Waals surface area contributed by atoms with Crippen molar-refractivity contribution in [3.05, 3.63) is 35.4 Å². The van der Waals surface area contributed by atoms with Crippen molar-refractivity contribution >= 4 is 23.6 Å². The molecule has 0 radical (unpaired) electrons.